The normalized spacial score (nSPS) is 9.84. The SMILES string of the molecule is CC.Cc1c[nH]c2nc(Nc3ccccc3)ncc12. The van der Waals surface area contributed by atoms with Gasteiger partial charge in [-0.05, 0) is 24.6 Å². The highest BCUT2D eigenvalue weighted by Gasteiger charge is 2.03. The predicted molar refractivity (Wildman–Crippen MR) is 79.7 cm³/mol. The molecule has 0 atom stereocenters. The first-order chi connectivity index (χ1) is 9.33. The van der Waals surface area contributed by atoms with Crippen molar-refractivity contribution in [1.82, 2.24) is 15.0 Å². The molecule has 4 nitrogen and oxygen atoms in total. The number of fused-ring (bicyclic) bond motifs is 1. The first kappa shape index (κ1) is 13.1. The lowest BCUT2D eigenvalue weighted by Crippen LogP contribution is -1.96. The Morgan fingerprint density at radius 3 is 2.58 bits per heavy atom. The van der Waals surface area contributed by atoms with Crippen molar-refractivity contribution in [2.45, 2.75) is 20.8 Å². The van der Waals surface area contributed by atoms with E-state index < -0.39 is 0 Å². The summed E-state index contributed by atoms with van der Waals surface area (Å²) in [4.78, 5) is 11.8. The van der Waals surface area contributed by atoms with Gasteiger partial charge in [0.05, 0.1) is 0 Å². The second-order valence-corrected chi connectivity index (χ2v) is 3.92. The number of hydrogen-bond acceptors (Lipinski definition) is 3. The third-order valence-electron chi connectivity index (χ3n) is 2.67. The molecule has 0 aliphatic rings. The van der Waals surface area contributed by atoms with Crippen molar-refractivity contribution in [3.05, 3.63) is 48.3 Å². The summed E-state index contributed by atoms with van der Waals surface area (Å²) in [5.41, 5.74) is 3.00. The molecule has 3 aromatic rings. The van der Waals surface area contributed by atoms with Gasteiger partial charge in [0.1, 0.15) is 5.65 Å². The summed E-state index contributed by atoms with van der Waals surface area (Å²) < 4.78 is 0. The van der Waals surface area contributed by atoms with Crippen LogP contribution in [0.2, 0.25) is 0 Å². The van der Waals surface area contributed by atoms with Gasteiger partial charge in [-0.2, -0.15) is 4.98 Å². The summed E-state index contributed by atoms with van der Waals surface area (Å²) in [5.74, 6) is 0.602. The Hall–Kier alpha value is -2.36. The Kier molecular flexibility index (Phi) is 4.13. The van der Waals surface area contributed by atoms with Crippen molar-refractivity contribution < 1.29 is 0 Å². The minimum Gasteiger partial charge on any atom is -0.346 e. The molecule has 2 aromatic heterocycles. The summed E-state index contributed by atoms with van der Waals surface area (Å²) in [7, 11) is 0. The minimum atomic E-state index is 0.602. The van der Waals surface area contributed by atoms with Gasteiger partial charge in [0.15, 0.2) is 0 Å². The van der Waals surface area contributed by atoms with E-state index in [4.69, 9.17) is 0 Å². The van der Waals surface area contributed by atoms with Gasteiger partial charge in [-0.1, -0.05) is 32.0 Å². The molecule has 0 bridgehead atoms. The monoisotopic (exact) mass is 254 g/mol. The molecule has 0 aliphatic heterocycles. The lowest BCUT2D eigenvalue weighted by molar-refractivity contribution is 1.19. The maximum absolute atomic E-state index is 4.41. The van der Waals surface area contributed by atoms with E-state index >= 15 is 0 Å². The van der Waals surface area contributed by atoms with E-state index in [-0.39, 0.29) is 0 Å². The molecule has 4 heteroatoms. The summed E-state index contributed by atoms with van der Waals surface area (Å²) >= 11 is 0. The van der Waals surface area contributed by atoms with Gasteiger partial charge in [-0.3, -0.25) is 0 Å². The molecule has 0 saturated carbocycles. The van der Waals surface area contributed by atoms with Crippen LogP contribution < -0.4 is 5.32 Å². The van der Waals surface area contributed by atoms with Crippen molar-refractivity contribution in [3.8, 4) is 0 Å². The number of nitrogens with one attached hydrogen (secondary N) is 2. The van der Waals surface area contributed by atoms with Crippen LogP contribution in [0.4, 0.5) is 11.6 Å². The molecule has 19 heavy (non-hydrogen) atoms. The Morgan fingerprint density at radius 1 is 1.11 bits per heavy atom. The topological polar surface area (TPSA) is 53.6 Å². The van der Waals surface area contributed by atoms with E-state index in [9.17, 15) is 0 Å². The lowest BCUT2D eigenvalue weighted by atomic mass is 10.3. The highest BCUT2D eigenvalue weighted by atomic mass is 15.1. The maximum atomic E-state index is 4.41. The first-order valence-corrected chi connectivity index (χ1v) is 6.46. The highest BCUT2D eigenvalue weighted by molar-refractivity contribution is 5.79. The van der Waals surface area contributed by atoms with E-state index in [2.05, 4.69) is 20.3 Å². The third kappa shape index (κ3) is 2.91. The number of hydrogen-bond donors (Lipinski definition) is 2. The van der Waals surface area contributed by atoms with Gasteiger partial charge < -0.3 is 10.3 Å². The van der Waals surface area contributed by atoms with Crippen LogP contribution in [0.5, 0.6) is 0 Å². The van der Waals surface area contributed by atoms with E-state index in [0.717, 1.165) is 22.3 Å². The molecule has 0 aliphatic carbocycles. The zero-order valence-corrected chi connectivity index (χ0v) is 11.4. The summed E-state index contributed by atoms with van der Waals surface area (Å²) in [5, 5.41) is 4.22. The van der Waals surface area contributed by atoms with E-state index in [0.29, 0.717) is 5.95 Å². The number of para-hydroxylation sites is 1. The summed E-state index contributed by atoms with van der Waals surface area (Å²) in [6.07, 6.45) is 3.77. The number of aryl methyl sites for hydroxylation is 1. The molecule has 0 amide bonds. The van der Waals surface area contributed by atoms with Crippen molar-refractivity contribution >= 4 is 22.7 Å². The first-order valence-electron chi connectivity index (χ1n) is 6.46. The van der Waals surface area contributed by atoms with Crippen LogP contribution in [-0.4, -0.2) is 15.0 Å². The molecule has 98 valence electrons. The van der Waals surface area contributed by atoms with Crippen LogP contribution >= 0.6 is 0 Å². The summed E-state index contributed by atoms with van der Waals surface area (Å²) in [6, 6.07) is 9.88. The average Bonchev–Trinajstić information content (AvgIpc) is 2.83. The molecule has 0 unspecified atom stereocenters. The fourth-order valence-electron chi connectivity index (χ4n) is 1.75. The molecular formula is C15H18N4. The van der Waals surface area contributed by atoms with Gasteiger partial charge in [0, 0.05) is 23.5 Å². The Balaban J connectivity index is 0.000000637. The minimum absolute atomic E-state index is 0.602. The second kappa shape index (κ2) is 6.00. The predicted octanol–water partition coefficient (Wildman–Crippen LogP) is 4.04. The molecule has 0 saturated heterocycles. The fourth-order valence-corrected chi connectivity index (χ4v) is 1.75. The Bertz CT molecular complexity index is 644. The van der Waals surface area contributed by atoms with Crippen LogP contribution in [0.25, 0.3) is 11.0 Å². The smallest absolute Gasteiger partial charge is 0.229 e. The number of rotatable bonds is 2. The van der Waals surface area contributed by atoms with Crippen molar-refractivity contribution in [3.63, 3.8) is 0 Å². The van der Waals surface area contributed by atoms with Gasteiger partial charge in [-0.15, -0.1) is 0 Å². The van der Waals surface area contributed by atoms with Crippen LogP contribution in [0.3, 0.4) is 0 Å². The molecule has 1 aromatic carbocycles. The fraction of sp³-hybridized carbons (Fsp3) is 0.200. The van der Waals surface area contributed by atoms with E-state index in [1.807, 2.05) is 63.5 Å². The largest absolute Gasteiger partial charge is 0.346 e. The Labute approximate surface area is 112 Å². The van der Waals surface area contributed by atoms with Crippen LogP contribution in [0, 0.1) is 6.92 Å². The maximum Gasteiger partial charge on any atom is 0.229 e. The third-order valence-corrected chi connectivity index (χ3v) is 2.67. The second-order valence-electron chi connectivity index (χ2n) is 3.92. The quantitative estimate of drug-likeness (QED) is 0.725. The van der Waals surface area contributed by atoms with Crippen LogP contribution in [0.15, 0.2) is 42.7 Å². The average molecular weight is 254 g/mol. The lowest BCUT2D eigenvalue weighted by Gasteiger charge is -2.03. The number of aromatic amines is 1. The zero-order valence-electron chi connectivity index (χ0n) is 11.4. The number of anilines is 2. The Morgan fingerprint density at radius 2 is 1.84 bits per heavy atom. The summed E-state index contributed by atoms with van der Waals surface area (Å²) in [6.45, 7) is 6.03. The molecule has 2 heterocycles. The van der Waals surface area contributed by atoms with Gasteiger partial charge in [-0.25, -0.2) is 4.98 Å². The number of H-pyrrole nitrogens is 1. The van der Waals surface area contributed by atoms with Gasteiger partial charge in [0.25, 0.3) is 0 Å². The molecule has 0 radical (unpaired) electrons. The van der Waals surface area contributed by atoms with E-state index in [1.54, 1.807) is 0 Å². The zero-order chi connectivity index (χ0) is 13.7. The molecule has 3 rings (SSSR count). The van der Waals surface area contributed by atoms with Crippen molar-refractivity contribution in [2.75, 3.05) is 5.32 Å². The number of aromatic nitrogens is 3. The van der Waals surface area contributed by atoms with E-state index in [1.165, 1.54) is 0 Å². The molecule has 0 fully saturated rings. The standard InChI is InChI=1S/C13H12N4.C2H6/c1-9-7-14-12-11(9)8-15-13(17-12)16-10-5-3-2-4-6-10;1-2/h2-8H,1H3,(H2,14,15,16,17);1-2H3. The van der Waals surface area contributed by atoms with Gasteiger partial charge >= 0.3 is 0 Å². The van der Waals surface area contributed by atoms with Crippen molar-refractivity contribution in [2.24, 2.45) is 0 Å². The molecule has 2 N–H and O–H groups in total. The van der Waals surface area contributed by atoms with Crippen LogP contribution in [0.1, 0.15) is 19.4 Å². The highest BCUT2D eigenvalue weighted by Crippen LogP contribution is 2.17. The number of benzene rings is 1. The molecular weight excluding hydrogens is 236 g/mol. The van der Waals surface area contributed by atoms with Gasteiger partial charge in [0.2, 0.25) is 5.95 Å². The van der Waals surface area contributed by atoms with Crippen LogP contribution in [-0.2, 0) is 0 Å². The van der Waals surface area contributed by atoms with Crippen molar-refractivity contribution in [1.29, 1.82) is 0 Å². The molecule has 0 spiro atoms. The number of nitrogens with zero attached hydrogens (tertiary/aromatic N) is 2.